The van der Waals surface area contributed by atoms with Crippen molar-refractivity contribution in [3.8, 4) is 11.5 Å². The summed E-state index contributed by atoms with van der Waals surface area (Å²) in [4.78, 5) is 0.301. The molecule has 0 atom stereocenters. The maximum atomic E-state index is 9.06. The largest absolute Gasteiger partial charge is 0.456 e. The lowest BCUT2D eigenvalue weighted by Crippen LogP contribution is -2.10. The molecule has 0 saturated carbocycles. The number of rotatable bonds is 5. The molecule has 0 aromatic heterocycles. The monoisotopic (exact) mass is 273 g/mol. The van der Waals surface area contributed by atoms with E-state index in [0.717, 1.165) is 5.56 Å². The van der Waals surface area contributed by atoms with Crippen LogP contribution in [0.2, 0.25) is 0 Å². The normalized spacial score (nSPS) is 10.2. The first-order chi connectivity index (χ1) is 9.22. The molecule has 2 rings (SSSR count). The maximum Gasteiger partial charge on any atom is 0.137 e. The molecule has 2 aromatic carbocycles. The minimum absolute atomic E-state index is 0.0807. The second-order valence-corrected chi connectivity index (χ2v) is 4.48. The van der Waals surface area contributed by atoms with Crippen molar-refractivity contribution in [2.45, 2.75) is 6.42 Å². The first kappa shape index (κ1) is 13.5. The number of aliphatic hydroxyl groups is 1. The van der Waals surface area contributed by atoms with Crippen molar-refractivity contribution in [1.82, 2.24) is 0 Å². The summed E-state index contributed by atoms with van der Waals surface area (Å²) in [6.45, 7) is 0.0807. The summed E-state index contributed by atoms with van der Waals surface area (Å²) in [5.74, 6) is 1.33. The molecule has 0 aliphatic rings. The van der Waals surface area contributed by atoms with Crippen LogP contribution in [-0.4, -0.2) is 16.7 Å². The van der Waals surface area contributed by atoms with Gasteiger partial charge in [0.2, 0.25) is 0 Å². The summed E-state index contributed by atoms with van der Waals surface area (Å²) in [6, 6.07) is 15.0. The van der Waals surface area contributed by atoms with Crippen LogP contribution in [0.4, 0.5) is 0 Å². The second kappa shape index (κ2) is 6.31. The summed E-state index contributed by atoms with van der Waals surface area (Å²) >= 11 is 5.01. The highest BCUT2D eigenvalue weighted by molar-refractivity contribution is 7.80. The third-order valence-corrected chi connectivity index (χ3v) is 2.95. The molecule has 0 spiro atoms. The van der Waals surface area contributed by atoms with E-state index in [4.69, 9.17) is 27.8 Å². The second-order valence-electron chi connectivity index (χ2n) is 4.04. The van der Waals surface area contributed by atoms with Gasteiger partial charge in [-0.3, -0.25) is 0 Å². The molecule has 0 bridgehead atoms. The zero-order chi connectivity index (χ0) is 13.7. The Morgan fingerprint density at radius 1 is 1.05 bits per heavy atom. The van der Waals surface area contributed by atoms with Gasteiger partial charge in [-0.15, -0.1) is 0 Å². The van der Waals surface area contributed by atoms with Gasteiger partial charge in [0.1, 0.15) is 16.5 Å². The molecule has 19 heavy (non-hydrogen) atoms. The zero-order valence-electron chi connectivity index (χ0n) is 10.4. The van der Waals surface area contributed by atoms with Crippen molar-refractivity contribution in [2.75, 3.05) is 6.61 Å². The molecule has 3 N–H and O–H groups in total. The van der Waals surface area contributed by atoms with Crippen molar-refractivity contribution in [1.29, 1.82) is 0 Å². The van der Waals surface area contributed by atoms with E-state index in [2.05, 4.69) is 0 Å². The lowest BCUT2D eigenvalue weighted by Gasteiger charge is -2.13. The molecule has 0 aliphatic carbocycles. The predicted octanol–water partition coefficient (Wildman–Crippen LogP) is 2.65. The van der Waals surface area contributed by atoms with Crippen LogP contribution in [0.3, 0.4) is 0 Å². The van der Waals surface area contributed by atoms with Crippen molar-refractivity contribution in [3.05, 3.63) is 59.7 Å². The van der Waals surface area contributed by atoms with Gasteiger partial charge in [0.15, 0.2) is 0 Å². The highest BCUT2D eigenvalue weighted by Crippen LogP contribution is 2.28. The molecular formula is C15H15NO2S. The average molecular weight is 273 g/mol. The Hall–Kier alpha value is -1.91. The minimum atomic E-state index is 0.0807. The molecule has 0 heterocycles. The fourth-order valence-electron chi connectivity index (χ4n) is 1.81. The van der Waals surface area contributed by atoms with Crippen LogP contribution in [0, 0.1) is 0 Å². The molecule has 0 aliphatic heterocycles. The van der Waals surface area contributed by atoms with Crippen LogP contribution in [0.25, 0.3) is 0 Å². The van der Waals surface area contributed by atoms with Gasteiger partial charge in [0, 0.05) is 6.61 Å². The molecular weight excluding hydrogens is 258 g/mol. The Morgan fingerprint density at radius 3 is 2.37 bits per heavy atom. The number of ether oxygens (including phenoxy) is 1. The number of thiocarbonyl (C=S) groups is 1. The lowest BCUT2D eigenvalue weighted by atomic mass is 10.1. The number of para-hydroxylation sites is 2. The number of aliphatic hydroxyl groups excluding tert-OH is 1. The van der Waals surface area contributed by atoms with E-state index in [-0.39, 0.29) is 6.61 Å². The SMILES string of the molecule is NC(=S)c1ccccc1Oc1ccccc1CCO. The molecule has 2 aromatic rings. The van der Waals surface area contributed by atoms with Crippen molar-refractivity contribution in [3.63, 3.8) is 0 Å². The number of hydrogen-bond acceptors (Lipinski definition) is 3. The third-order valence-electron chi connectivity index (χ3n) is 2.73. The topological polar surface area (TPSA) is 55.5 Å². The first-order valence-corrected chi connectivity index (χ1v) is 6.38. The molecule has 0 amide bonds. The van der Waals surface area contributed by atoms with Crippen molar-refractivity contribution in [2.24, 2.45) is 5.73 Å². The van der Waals surface area contributed by atoms with E-state index in [1.807, 2.05) is 48.5 Å². The fourth-order valence-corrected chi connectivity index (χ4v) is 1.98. The summed E-state index contributed by atoms with van der Waals surface area (Å²) < 4.78 is 5.88. The van der Waals surface area contributed by atoms with Gasteiger partial charge < -0.3 is 15.6 Å². The van der Waals surface area contributed by atoms with Crippen LogP contribution in [0.15, 0.2) is 48.5 Å². The molecule has 4 heteroatoms. The van der Waals surface area contributed by atoms with Crippen LogP contribution in [0.5, 0.6) is 11.5 Å². The Balaban J connectivity index is 2.34. The quantitative estimate of drug-likeness (QED) is 0.822. The van der Waals surface area contributed by atoms with Gasteiger partial charge in [0.05, 0.1) is 5.56 Å². The van der Waals surface area contributed by atoms with Crippen LogP contribution < -0.4 is 10.5 Å². The van der Waals surface area contributed by atoms with Crippen molar-refractivity contribution >= 4 is 17.2 Å². The van der Waals surface area contributed by atoms with Gasteiger partial charge in [-0.2, -0.15) is 0 Å². The van der Waals surface area contributed by atoms with E-state index in [1.165, 1.54) is 0 Å². The van der Waals surface area contributed by atoms with Gasteiger partial charge in [0.25, 0.3) is 0 Å². The van der Waals surface area contributed by atoms with Crippen molar-refractivity contribution < 1.29 is 9.84 Å². The van der Waals surface area contributed by atoms with Gasteiger partial charge in [-0.05, 0) is 30.2 Å². The minimum Gasteiger partial charge on any atom is -0.456 e. The number of nitrogens with two attached hydrogens (primary N) is 1. The van der Waals surface area contributed by atoms with Gasteiger partial charge in [-0.25, -0.2) is 0 Å². The van der Waals surface area contributed by atoms with E-state index in [1.54, 1.807) is 0 Å². The highest BCUT2D eigenvalue weighted by atomic mass is 32.1. The fraction of sp³-hybridized carbons (Fsp3) is 0.133. The smallest absolute Gasteiger partial charge is 0.137 e. The summed E-state index contributed by atoms with van der Waals surface area (Å²) in [6.07, 6.45) is 0.547. The van der Waals surface area contributed by atoms with Gasteiger partial charge in [-0.1, -0.05) is 42.5 Å². The predicted molar refractivity (Wildman–Crippen MR) is 79.6 cm³/mol. The zero-order valence-corrected chi connectivity index (χ0v) is 11.2. The summed E-state index contributed by atoms with van der Waals surface area (Å²) in [5.41, 5.74) is 7.33. The Labute approximate surface area is 117 Å². The molecule has 0 unspecified atom stereocenters. The molecule has 98 valence electrons. The Morgan fingerprint density at radius 2 is 1.68 bits per heavy atom. The Bertz CT molecular complexity index is 584. The number of benzene rings is 2. The Kier molecular flexibility index (Phi) is 4.49. The molecule has 0 fully saturated rings. The van der Waals surface area contributed by atoms with Crippen LogP contribution in [0.1, 0.15) is 11.1 Å². The maximum absolute atomic E-state index is 9.06. The van der Waals surface area contributed by atoms with Gasteiger partial charge >= 0.3 is 0 Å². The number of hydrogen-bond donors (Lipinski definition) is 2. The average Bonchev–Trinajstić information content (AvgIpc) is 2.42. The molecule has 0 radical (unpaired) electrons. The van der Waals surface area contributed by atoms with E-state index in [0.29, 0.717) is 28.5 Å². The van der Waals surface area contributed by atoms with Crippen LogP contribution >= 0.6 is 12.2 Å². The lowest BCUT2D eigenvalue weighted by molar-refractivity contribution is 0.298. The molecule has 3 nitrogen and oxygen atoms in total. The van der Waals surface area contributed by atoms with E-state index >= 15 is 0 Å². The third kappa shape index (κ3) is 3.30. The molecule has 0 saturated heterocycles. The standard InChI is InChI=1S/C15H15NO2S/c16-15(19)12-6-2-4-8-14(12)18-13-7-3-1-5-11(13)9-10-17/h1-8,17H,9-10H2,(H2,16,19). The summed E-state index contributed by atoms with van der Waals surface area (Å²) in [7, 11) is 0. The summed E-state index contributed by atoms with van der Waals surface area (Å²) in [5, 5.41) is 9.06. The van der Waals surface area contributed by atoms with E-state index < -0.39 is 0 Å². The van der Waals surface area contributed by atoms with Crippen LogP contribution in [-0.2, 0) is 6.42 Å². The first-order valence-electron chi connectivity index (χ1n) is 5.98. The van der Waals surface area contributed by atoms with E-state index in [9.17, 15) is 0 Å². The highest BCUT2D eigenvalue weighted by Gasteiger charge is 2.09.